The van der Waals surface area contributed by atoms with Crippen molar-refractivity contribution >= 4 is 34.8 Å². The van der Waals surface area contributed by atoms with Gasteiger partial charge >= 0.3 is 6.03 Å². The van der Waals surface area contributed by atoms with Crippen molar-refractivity contribution in [3.05, 3.63) is 0 Å². The normalized spacial score (nSPS) is 8.86. The van der Waals surface area contributed by atoms with E-state index in [-0.39, 0.29) is 16.9 Å². The Bertz CT molecular complexity index is 284. The minimum Gasteiger partial charge on any atom is -0.370 e. The topological polar surface area (TPSA) is 160 Å². The zero-order chi connectivity index (χ0) is 11.1. The average molecular weight is 218 g/mol. The van der Waals surface area contributed by atoms with Gasteiger partial charge in [-0.2, -0.15) is 4.99 Å². The average Bonchev–Trinajstić information content (AvgIpc) is 1.98. The maximum atomic E-state index is 10.8. The van der Waals surface area contributed by atoms with Gasteiger partial charge in [0.05, 0.1) is 5.75 Å². The van der Waals surface area contributed by atoms with Crippen LogP contribution in [0.1, 0.15) is 0 Å². The van der Waals surface area contributed by atoms with E-state index >= 15 is 0 Å². The zero-order valence-corrected chi connectivity index (χ0v) is 7.93. The molecule has 0 aromatic carbocycles. The van der Waals surface area contributed by atoms with Gasteiger partial charge in [-0.1, -0.05) is 11.8 Å². The molecule has 0 bridgehead atoms. The highest BCUT2D eigenvalue weighted by molar-refractivity contribution is 8.14. The van der Waals surface area contributed by atoms with Gasteiger partial charge in [0, 0.05) is 0 Å². The van der Waals surface area contributed by atoms with Crippen molar-refractivity contribution in [2.45, 2.75) is 0 Å². The summed E-state index contributed by atoms with van der Waals surface area (Å²) in [7, 11) is 0. The molecule has 8 nitrogen and oxygen atoms in total. The molecule has 0 atom stereocenters. The largest absolute Gasteiger partial charge is 0.370 e. The molecule has 8 N–H and O–H groups in total. The number of rotatable bonds is 2. The molecule has 0 rings (SSSR count). The lowest BCUT2D eigenvalue weighted by molar-refractivity contribution is -0.117. The SMILES string of the molecule is N=C(N=C(N)N)SCC(=O)NC(N)=O. The maximum absolute atomic E-state index is 10.8. The van der Waals surface area contributed by atoms with Crippen LogP contribution in [0.2, 0.25) is 0 Å². The highest BCUT2D eigenvalue weighted by Gasteiger charge is 2.05. The fourth-order valence-electron chi connectivity index (χ4n) is 0.457. The maximum Gasteiger partial charge on any atom is 0.318 e. The Morgan fingerprint density at radius 1 is 1.36 bits per heavy atom. The molecule has 0 saturated carbocycles. The first-order chi connectivity index (χ1) is 6.41. The van der Waals surface area contributed by atoms with Crippen LogP contribution in [0.15, 0.2) is 4.99 Å². The Balaban J connectivity index is 3.84. The minimum atomic E-state index is -0.941. The second-order valence-corrected chi connectivity index (χ2v) is 3.01. The lowest BCUT2D eigenvalue weighted by Gasteiger charge is -1.99. The minimum absolute atomic E-state index is 0.154. The van der Waals surface area contributed by atoms with E-state index < -0.39 is 11.9 Å². The third-order valence-corrected chi connectivity index (χ3v) is 1.60. The molecule has 0 spiro atoms. The summed E-state index contributed by atoms with van der Waals surface area (Å²) in [5, 5.41) is 8.72. The molecule has 78 valence electrons. The third kappa shape index (κ3) is 6.91. The number of carbonyl (C=O) groups is 2. The van der Waals surface area contributed by atoms with E-state index in [1.807, 2.05) is 5.32 Å². The van der Waals surface area contributed by atoms with Crippen molar-refractivity contribution in [1.29, 1.82) is 5.41 Å². The number of imide groups is 1. The first-order valence-electron chi connectivity index (χ1n) is 3.32. The summed E-state index contributed by atoms with van der Waals surface area (Å²) in [6, 6.07) is -0.941. The lowest BCUT2D eigenvalue weighted by Crippen LogP contribution is -2.36. The first kappa shape index (κ1) is 12.2. The van der Waals surface area contributed by atoms with Gasteiger partial charge in [-0.25, -0.2) is 4.79 Å². The van der Waals surface area contributed by atoms with Crippen LogP contribution in [-0.2, 0) is 4.79 Å². The van der Waals surface area contributed by atoms with Crippen LogP contribution in [0.3, 0.4) is 0 Å². The van der Waals surface area contributed by atoms with Gasteiger partial charge in [-0.15, -0.1) is 0 Å². The van der Waals surface area contributed by atoms with Crippen LogP contribution in [-0.4, -0.2) is 28.8 Å². The standard InChI is InChI=1S/C5H10N6O2S/c6-3(7)11-5(9)14-1-2(12)10-4(8)13/h1H2,(H5,6,7,9,11)(H3,8,10,12,13). The summed E-state index contributed by atoms with van der Waals surface area (Å²) in [6.45, 7) is 0. The number of hydrogen-bond donors (Lipinski definition) is 5. The number of hydrogen-bond acceptors (Lipinski definition) is 4. The predicted molar refractivity (Wildman–Crippen MR) is 53.7 cm³/mol. The van der Waals surface area contributed by atoms with E-state index in [2.05, 4.69) is 10.7 Å². The number of carbonyl (C=O) groups excluding carboxylic acids is 2. The summed E-state index contributed by atoms with van der Waals surface area (Å²) >= 11 is 0.771. The van der Waals surface area contributed by atoms with E-state index in [1.54, 1.807) is 0 Å². The molecule has 0 aliphatic rings. The number of urea groups is 1. The van der Waals surface area contributed by atoms with Crippen LogP contribution in [0, 0.1) is 5.41 Å². The molecule has 0 unspecified atom stereocenters. The molecule has 14 heavy (non-hydrogen) atoms. The molecule has 9 heteroatoms. The highest BCUT2D eigenvalue weighted by Crippen LogP contribution is 2.01. The van der Waals surface area contributed by atoms with Gasteiger partial charge in [-0.3, -0.25) is 15.5 Å². The van der Waals surface area contributed by atoms with E-state index in [4.69, 9.17) is 16.9 Å². The summed E-state index contributed by atoms with van der Waals surface area (Å²) in [4.78, 5) is 24.3. The van der Waals surface area contributed by atoms with Crippen molar-refractivity contribution < 1.29 is 9.59 Å². The molecule has 0 saturated heterocycles. The fraction of sp³-hybridized carbons (Fsp3) is 0.200. The van der Waals surface area contributed by atoms with E-state index in [0.717, 1.165) is 11.8 Å². The second-order valence-electron chi connectivity index (χ2n) is 2.04. The monoisotopic (exact) mass is 218 g/mol. The van der Waals surface area contributed by atoms with Crippen molar-refractivity contribution in [3.8, 4) is 0 Å². The quantitative estimate of drug-likeness (QED) is 0.270. The Morgan fingerprint density at radius 2 is 1.93 bits per heavy atom. The van der Waals surface area contributed by atoms with E-state index in [9.17, 15) is 9.59 Å². The van der Waals surface area contributed by atoms with Gasteiger partial charge in [0.15, 0.2) is 11.1 Å². The molecule has 0 radical (unpaired) electrons. The van der Waals surface area contributed by atoms with Crippen LogP contribution < -0.4 is 22.5 Å². The van der Waals surface area contributed by atoms with Crippen LogP contribution in [0.25, 0.3) is 0 Å². The molecule has 0 aliphatic heterocycles. The molecular weight excluding hydrogens is 208 g/mol. The number of nitrogens with two attached hydrogens (primary N) is 3. The molecular formula is C5H10N6O2S. The molecule has 0 fully saturated rings. The Hall–Kier alpha value is -1.77. The van der Waals surface area contributed by atoms with Crippen molar-refractivity contribution in [1.82, 2.24) is 5.32 Å². The number of nitrogens with zero attached hydrogens (tertiary/aromatic N) is 1. The van der Waals surface area contributed by atoms with E-state index in [1.165, 1.54) is 0 Å². The number of guanidine groups is 1. The second kappa shape index (κ2) is 5.80. The van der Waals surface area contributed by atoms with Gasteiger partial charge < -0.3 is 17.2 Å². The zero-order valence-electron chi connectivity index (χ0n) is 7.11. The number of primary amides is 1. The van der Waals surface area contributed by atoms with E-state index in [0.29, 0.717) is 0 Å². The number of amides is 3. The van der Waals surface area contributed by atoms with Crippen LogP contribution in [0.4, 0.5) is 4.79 Å². The summed E-state index contributed by atoms with van der Waals surface area (Å²) < 4.78 is 0. The van der Waals surface area contributed by atoms with Crippen LogP contribution in [0.5, 0.6) is 0 Å². The lowest BCUT2D eigenvalue weighted by atomic mass is 10.7. The van der Waals surface area contributed by atoms with Crippen molar-refractivity contribution in [2.24, 2.45) is 22.2 Å². The Kier molecular flexibility index (Phi) is 5.07. The first-order valence-corrected chi connectivity index (χ1v) is 4.30. The van der Waals surface area contributed by atoms with Gasteiger partial charge in [0.2, 0.25) is 5.91 Å². The Labute approximate surface area is 83.8 Å². The van der Waals surface area contributed by atoms with Crippen LogP contribution >= 0.6 is 11.8 Å². The summed E-state index contributed by atoms with van der Waals surface area (Å²) in [5.41, 5.74) is 14.6. The number of nitrogens with one attached hydrogen (secondary N) is 2. The fourth-order valence-corrected chi connectivity index (χ4v) is 0.967. The number of thioether (sulfide) groups is 1. The highest BCUT2D eigenvalue weighted by atomic mass is 32.2. The summed E-state index contributed by atoms with van der Waals surface area (Å²) in [6.07, 6.45) is 0. The molecule has 0 aromatic rings. The van der Waals surface area contributed by atoms with Gasteiger partial charge in [0.1, 0.15) is 0 Å². The number of amidine groups is 1. The third-order valence-electron chi connectivity index (χ3n) is 0.833. The Morgan fingerprint density at radius 3 is 2.36 bits per heavy atom. The van der Waals surface area contributed by atoms with Gasteiger partial charge in [-0.05, 0) is 0 Å². The van der Waals surface area contributed by atoms with Crippen molar-refractivity contribution in [3.63, 3.8) is 0 Å². The smallest absolute Gasteiger partial charge is 0.318 e. The molecule has 0 aliphatic carbocycles. The molecule has 0 aromatic heterocycles. The number of aliphatic imine (C=N–C) groups is 1. The van der Waals surface area contributed by atoms with Gasteiger partial charge in [0.25, 0.3) is 0 Å². The van der Waals surface area contributed by atoms with Crippen molar-refractivity contribution in [2.75, 3.05) is 5.75 Å². The molecule has 0 heterocycles. The molecule has 3 amide bonds. The predicted octanol–water partition coefficient (Wildman–Crippen LogP) is -1.88. The summed E-state index contributed by atoms with van der Waals surface area (Å²) in [5.74, 6) is -1.03.